The van der Waals surface area contributed by atoms with E-state index in [9.17, 15) is 14.4 Å². The highest BCUT2D eigenvalue weighted by Crippen LogP contribution is 2.35. The van der Waals surface area contributed by atoms with Crippen LogP contribution in [0.3, 0.4) is 0 Å². The van der Waals surface area contributed by atoms with Gasteiger partial charge in [0.25, 0.3) is 11.8 Å². The fourth-order valence-corrected chi connectivity index (χ4v) is 4.99. The van der Waals surface area contributed by atoms with Gasteiger partial charge in [-0.1, -0.05) is 43.3 Å². The van der Waals surface area contributed by atoms with Gasteiger partial charge in [-0.3, -0.25) is 20.3 Å². The molecule has 2 heterocycles. The van der Waals surface area contributed by atoms with Crippen LogP contribution in [0.25, 0.3) is 0 Å². The lowest BCUT2D eigenvalue weighted by molar-refractivity contribution is -0.139. The largest absolute Gasteiger partial charge is 0.344 e. The van der Waals surface area contributed by atoms with Crippen molar-refractivity contribution in [2.45, 2.75) is 44.2 Å². The Kier molecular flexibility index (Phi) is 5.87. The second kappa shape index (κ2) is 8.57. The summed E-state index contributed by atoms with van der Waals surface area (Å²) < 4.78 is 0. The molecule has 2 fully saturated rings. The van der Waals surface area contributed by atoms with E-state index >= 15 is 0 Å². The molecule has 30 heavy (non-hydrogen) atoms. The average Bonchev–Trinajstić information content (AvgIpc) is 3.35. The first-order valence-electron chi connectivity index (χ1n) is 10.3. The highest BCUT2D eigenvalue weighted by atomic mass is 32.1. The maximum atomic E-state index is 12.9. The van der Waals surface area contributed by atoms with Gasteiger partial charge in [0.05, 0.1) is 12.6 Å². The molecule has 158 valence electrons. The van der Waals surface area contributed by atoms with Gasteiger partial charge in [-0.2, -0.15) is 5.01 Å². The van der Waals surface area contributed by atoms with Crippen molar-refractivity contribution in [1.82, 2.24) is 21.1 Å². The minimum atomic E-state index is -0.867. The summed E-state index contributed by atoms with van der Waals surface area (Å²) in [5.74, 6) is -0.247. The van der Waals surface area contributed by atoms with E-state index in [-0.39, 0.29) is 18.5 Å². The van der Waals surface area contributed by atoms with Gasteiger partial charge < -0.3 is 5.32 Å². The fourth-order valence-electron chi connectivity index (χ4n) is 4.16. The summed E-state index contributed by atoms with van der Waals surface area (Å²) >= 11 is 1.60. The Morgan fingerprint density at radius 3 is 2.60 bits per heavy atom. The molecule has 4 rings (SSSR count). The lowest BCUT2D eigenvalue weighted by atomic mass is 9.77. The molecule has 1 atom stereocenters. The van der Waals surface area contributed by atoms with Gasteiger partial charge in [-0.15, -0.1) is 11.3 Å². The van der Waals surface area contributed by atoms with Crippen LogP contribution >= 0.6 is 11.3 Å². The molecule has 3 N–H and O–H groups in total. The van der Waals surface area contributed by atoms with E-state index in [2.05, 4.69) is 23.0 Å². The summed E-state index contributed by atoms with van der Waals surface area (Å²) in [6, 6.07) is 13.1. The van der Waals surface area contributed by atoms with E-state index in [4.69, 9.17) is 0 Å². The molecule has 0 bridgehead atoms. The molecule has 1 aliphatic carbocycles. The van der Waals surface area contributed by atoms with Crippen molar-refractivity contribution >= 4 is 29.2 Å². The van der Waals surface area contributed by atoms with Crippen LogP contribution in [0, 0.1) is 5.92 Å². The summed E-state index contributed by atoms with van der Waals surface area (Å²) in [5.41, 5.74) is 2.66. The zero-order valence-electron chi connectivity index (χ0n) is 16.9. The van der Waals surface area contributed by atoms with Crippen molar-refractivity contribution in [3.8, 4) is 0 Å². The van der Waals surface area contributed by atoms with E-state index in [1.807, 2.05) is 47.8 Å². The Bertz CT molecular complexity index is 908. The smallest absolute Gasteiger partial charge is 0.322 e. The minimum Gasteiger partial charge on any atom is -0.322 e. The number of carbonyl (C=O) groups excluding carboxylic acids is 3. The Hall–Kier alpha value is -2.71. The molecule has 2 aromatic rings. The van der Waals surface area contributed by atoms with E-state index in [1.54, 1.807) is 11.3 Å². The summed E-state index contributed by atoms with van der Waals surface area (Å²) in [4.78, 5) is 38.9. The van der Waals surface area contributed by atoms with Crippen molar-refractivity contribution in [2.75, 3.05) is 6.54 Å². The Labute approximate surface area is 179 Å². The Morgan fingerprint density at radius 2 is 1.93 bits per heavy atom. The predicted octanol–water partition coefficient (Wildman–Crippen LogP) is 2.96. The normalized spacial score (nSPS) is 24.7. The first-order valence-corrected chi connectivity index (χ1v) is 11.1. The van der Waals surface area contributed by atoms with Crippen molar-refractivity contribution in [2.24, 2.45) is 5.92 Å². The highest BCUT2D eigenvalue weighted by Gasteiger charge is 2.52. The fraction of sp³-hybridized carbons (Fsp3) is 0.409. The van der Waals surface area contributed by atoms with Crippen molar-refractivity contribution < 1.29 is 14.4 Å². The van der Waals surface area contributed by atoms with Crippen molar-refractivity contribution in [1.29, 1.82) is 0 Å². The summed E-state index contributed by atoms with van der Waals surface area (Å²) in [6.45, 7) is 2.12. The third-order valence-electron chi connectivity index (χ3n) is 5.95. The average molecular weight is 427 g/mol. The molecule has 8 heteroatoms. The van der Waals surface area contributed by atoms with Gasteiger partial charge in [0.2, 0.25) is 0 Å². The number of rotatable bonds is 6. The van der Waals surface area contributed by atoms with Crippen LogP contribution in [0.15, 0.2) is 47.8 Å². The van der Waals surface area contributed by atoms with Crippen LogP contribution in [-0.4, -0.2) is 34.9 Å². The number of nitrogens with zero attached hydrogens (tertiary/aromatic N) is 1. The molecule has 0 unspecified atom stereocenters. The van der Waals surface area contributed by atoms with E-state index in [1.165, 1.54) is 0 Å². The molecule has 1 saturated carbocycles. The lowest BCUT2D eigenvalue weighted by Crippen LogP contribution is -2.52. The second-order valence-corrected chi connectivity index (χ2v) is 9.09. The molecule has 1 spiro atoms. The van der Waals surface area contributed by atoms with E-state index in [0.29, 0.717) is 18.8 Å². The number of hydrogen-bond donors (Lipinski definition) is 3. The van der Waals surface area contributed by atoms with Crippen molar-refractivity contribution in [3.05, 3.63) is 58.3 Å². The van der Waals surface area contributed by atoms with Crippen LogP contribution in [0.4, 0.5) is 4.79 Å². The molecular weight excluding hydrogens is 400 g/mol. The van der Waals surface area contributed by atoms with Crippen LogP contribution in [0.2, 0.25) is 0 Å². The minimum absolute atomic E-state index is 0.0292. The molecule has 0 radical (unpaired) electrons. The number of benzene rings is 1. The monoisotopic (exact) mass is 426 g/mol. The Balaban J connectivity index is 1.39. The number of amides is 4. The maximum absolute atomic E-state index is 12.9. The summed E-state index contributed by atoms with van der Waals surface area (Å²) in [5, 5.41) is 8.90. The molecule has 1 aliphatic heterocycles. The van der Waals surface area contributed by atoms with E-state index < -0.39 is 17.5 Å². The van der Waals surface area contributed by atoms with Gasteiger partial charge in [0.1, 0.15) is 5.54 Å². The molecule has 1 aromatic heterocycles. The first kappa shape index (κ1) is 20.6. The zero-order valence-corrected chi connectivity index (χ0v) is 17.7. The van der Waals surface area contributed by atoms with Gasteiger partial charge in [-0.05, 0) is 48.6 Å². The zero-order chi connectivity index (χ0) is 21.1. The highest BCUT2D eigenvalue weighted by molar-refractivity contribution is 7.10. The number of nitrogens with one attached hydrogen (secondary N) is 3. The second-order valence-electron chi connectivity index (χ2n) is 8.11. The topological polar surface area (TPSA) is 90.5 Å². The standard InChI is InChI=1S/C22H26N4O3S/c1-15-9-11-22(12-10-15)20(28)26(21(29)24-22)25-18(27)14-23-19(17-8-5-13-30-17)16-6-3-2-4-7-16/h2-8,13,15,19,23H,9-12,14H2,1H3,(H,24,29)(H,25,27)/t15?,19-,22?/m0/s1. The van der Waals surface area contributed by atoms with Gasteiger partial charge in [0, 0.05) is 4.88 Å². The summed E-state index contributed by atoms with van der Waals surface area (Å²) in [6.07, 6.45) is 2.99. The van der Waals surface area contributed by atoms with Crippen LogP contribution < -0.4 is 16.1 Å². The first-order chi connectivity index (χ1) is 14.5. The summed E-state index contributed by atoms with van der Waals surface area (Å²) in [7, 11) is 0. The van der Waals surface area contributed by atoms with Gasteiger partial charge in [-0.25, -0.2) is 4.79 Å². The Morgan fingerprint density at radius 1 is 1.20 bits per heavy atom. The maximum Gasteiger partial charge on any atom is 0.344 e. The molecule has 4 amide bonds. The van der Waals surface area contributed by atoms with Gasteiger partial charge >= 0.3 is 6.03 Å². The number of thiophene rings is 1. The van der Waals surface area contributed by atoms with Crippen LogP contribution in [0.5, 0.6) is 0 Å². The number of imide groups is 1. The van der Waals surface area contributed by atoms with Crippen LogP contribution in [-0.2, 0) is 9.59 Å². The number of hydrogen-bond acceptors (Lipinski definition) is 5. The molecule has 1 saturated heterocycles. The van der Waals surface area contributed by atoms with Crippen molar-refractivity contribution in [3.63, 3.8) is 0 Å². The molecular formula is C22H26N4O3S. The lowest BCUT2D eigenvalue weighted by Gasteiger charge is -2.33. The predicted molar refractivity (Wildman–Crippen MR) is 114 cm³/mol. The molecule has 2 aliphatic rings. The number of hydrazine groups is 1. The van der Waals surface area contributed by atoms with E-state index in [0.717, 1.165) is 28.3 Å². The molecule has 1 aromatic carbocycles. The number of urea groups is 1. The third-order valence-corrected chi connectivity index (χ3v) is 6.89. The SMILES string of the molecule is CC1CCC2(CC1)NC(=O)N(NC(=O)CN[C@@H](c1ccccc1)c1cccs1)C2=O. The quantitative estimate of drug-likeness (QED) is 0.620. The van der Waals surface area contributed by atoms with Crippen LogP contribution in [0.1, 0.15) is 49.1 Å². The van der Waals surface area contributed by atoms with Gasteiger partial charge in [0.15, 0.2) is 0 Å². The third kappa shape index (κ3) is 4.11. The molecule has 7 nitrogen and oxygen atoms in total. The number of carbonyl (C=O) groups is 3.